The summed E-state index contributed by atoms with van der Waals surface area (Å²) in [6, 6.07) is 0. The minimum absolute atomic E-state index is 0. The van der Waals surface area contributed by atoms with Gasteiger partial charge in [0.05, 0.1) is 6.54 Å². The van der Waals surface area contributed by atoms with Gasteiger partial charge < -0.3 is 16.0 Å². The first-order chi connectivity index (χ1) is 11.9. The number of rotatable bonds is 6. The fourth-order valence-electron chi connectivity index (χ4n) is 4.00. The molecule has 1 unspecified atom stereocenters. The number of primary amides is 1. The first-order valence-electron chi connectivity index (χ1n) is 9.99. The molecule has 2 rings (SSSR count). The van der Waals surface area contributed by atoms with Crippen LogP contribution in [-0.2, 0) is 4.79 Å². The number of amides is 1. The van der Waals surface area contributed by atoms with Gasteiger partial charge in [0.25, 0.3) is 0 Å². The van der Waals surface area contributed by atoms with Gasteiger partial charge in [-0.15, -0.1) is 24.0 Å². The summed E-state index contributed by atoms with van der Waals surface area (Å²) >= 11 is 0. The van der Waals surface area contributed by atoms with Gasteiger partial charge in [-0.3, -0.25) is 14.7 Å². The largest absolute Gasteiger partial charge is 0.370 e. The number of nitrogens with zero attached hydrogens (tertiary/aromatic N) is 3. The van der Waals surface area contributed by atoms with E-state index in [0.717, 1.165) is 45.0 Å². The highest BCUT2D eigenvalue weighted by atomic mass is 127. The molecule has 2 aliphatic heterocycles. The van der Waals surface area contributed by atoms with Gasteiger partial charge in [-0.25, -0.2) is 0 Å². The summed E-state index contributed by atoms with van der Waals surface area (Å²) in [7, 11) is 0. The molecule has 6 nitrogen and oxygen atoms in total. The van der Waals surface area contributed by atoms with E-state index in [1.54, 1.807) is 0 Å². The van der Waals surface area contributed by atoms with Gasteiger partial charge in [0.2, 0.25) is 5.91 Å². The van der Waals surface area contributed by atoms with E-state index in [-0.39, 0.29) is 35.4 Å². The van der Waals surface area contributed by atoms with Crippen molar-refractivity contribution in [1.82, 2.24) is 15.1 Å². The molecule has 0 saturated carbocycles. The van der Waals surface area contributed by atoms with Gasteiger partial charge >= 0.3 is 0 Å². The van der Waals surface area contributed by atoms with Crippen molar-refractivity contribution in [2.75, 3.05) is 39.3 Å². The number of nitrogens with one attached hydrogen (secondary N) is 1. The van der Waals surface area contributed by atoms with Crippen LogP contribution >= 0.6 is 24.0 Å². The van der Waals surface area contributed by atoms with Crippen molar-refractivity contribution < 1.29 is 4.79 Å². The number of carbonyl (C=O) groups excluding carboxylic acids is 1. The number of aliphatic imine (C=N–C) groups is 1. The lowest BCUT2D eigenvalue weighted by atomic mass is 9.95. The summed E-state index contributed by atoms with van der Waals surface area (Å²) in [5.41, 5.74) is 5.48. The lowest BCUT2D eigenvalue weighted by molar-refractivity contribution is -0.119. The molecule has 7 heteroatoms. The van der Waals surface area contributed by atoms with Gasteiger partial charge in [0, 0.05) is 31.6 Å². The standard InChI is InChI=1S/C19H37N5O.HI/c1-4-21-18(23-10-8-9-16(14-23)13-17(20)25)22-15-19(2,3)24-11-6-5-7-12-24;/h16H,4-15H2,1-3H3,(H2,20,25)(H,21,22);1H. The van der Waals surface area contributed by atoms with E-state index >= 15 is 0 Å². The molecule has 3 N–H and O–H groups in total. The quantitative estimate of drug-likeness (QED) is 0.349. The third kappa shape index (κ3) is 7.21. The van der Waals surface area contributed by atoms with Gasteiger partial charge in [-0.1, -0.05) is 6.42 Å². The van der Waals surface area contributed by atoms with Gasteiger partial charge in [-0.2, -0.15) is 0 Å². The van der Waals surface area contributed by atoms with E-state index in [2.05, 4.69) is 35.9 Å². The van der Waals surface area contributed by atoms with Crippen LogP contribution in [-0.4, -0.2) is 66.5 Å². The number of piperidine rings is 2. The smallest absolute Gasteiger partial charge is 0.217 e. The lowest BCUT2D eigenvalue weighted by Gasteiger charge is -2.40. The lowest BCUT2D eigenvalue weighted by Crippen LogP contribution is -2.51. The Kier molecular flexibility index (Phi) is 10.2. The van der Waals surface area contributed by atoms with Crippen molar-refractivity contribution in [3.8, 4) is 0 Å². The molecule has 2 saturated heterocycles. The third-order valence-corrected chi connectivity index (χ3v) is 5.47. The highest BCUT2D eigenvalue weighted by Gasteiger charge is 2.29. The molecule has 0 radical (unpaired) electrons. The number of nitrogens with two attached hydrogens (primary N) is 1. The van der Waals surface area contributed by atoms with Gasteiger partial charge in [-0.05, 0) is 65.5 Å². The second-order valence-corrected chi connectivity index (χ2v) is 8.16. The van der Waals surface area contributed by atoms with E-state index in [9.17, 15) is 4.79 Å². The molecule has 0 aromatic heterocycles. The molecule has 152 valence electrons. The predicted molar refractivity (Wildman–Crippen MR) is 119 cm³/mol. The van der Waals surface area contributed by atoms with Crippen molar-refractivity contribution >= 4 is 35.8 Å². The molecule has 0 aromatic rings. The molecule has 2 heterocycles. The van der Waals surface area contributed by atoms with Crippen molar-refractivity contribution in [2.45, 2.75) is 64.8 Å². The summed E-state index contributed by atoms with van der Waals surface area (Å²) in [4.78, 5) is 21.1. The second kappa shape index (κ2) is 11.3. The van der Waals surface area contributed by atoms with Crippen LogP contribution in [0.5, 0.6) is 0 Å². The van der Waals surface area contributed by atoms with Crippen LogP contribution in [0.1, 0.15) is 59.3 Å². The molecule has 2 aliphatic rings. The zero-order valence-corrected chi connectivity index (χ0v) is 19.1. The van der Waals surface area contributed by atoms with Crippen LogP contribution < -0.4 is 11.1 Å². The Bertz CT molecular complexity index is 463. The van der Waals surface area contributed by atoms with Crippen molar-refractivity contribution in [1.29, 1.82) is 0 Å². The zero-order valence-electron chi connectivity index (χ0n) is 16.8. The Morgan fingerprint density at radius 2 is 1.88 bits per heavy atom. The molecule has 0 bridgehead atoms. The van der Waals surface area contributed by atoms with Crippen molar-refractivity contribution in [3.63, 3.8) is 0 Å². The molecule has 0 aliphatic carbocycles. The first kappa shape index (κ1) is 23.5. The van der Waals surface area contributed by atoms with E-state index in [1.165, 1.54) is 32.4 Å². The maximum Gasteiger partial charge on any atom is 0.217 e. The van der Waals surface area contributed by atoms with Crippen LogP contribution in [0, 0.1) is 5.92 Å². The number of carbonyl (C=O) groups is 1. The van der Waals surface area contributed by atoms with E-state index < -0.39 is 0 Å². The summed E-state index contributed by atoms with van der Waals surface area (Å²) in [5, 5.41) is 3.44. The summed E-state index contributed by atoms with van der Waals surface area (Å²) < 4.78 is 0. The highest BCUT2D eigenvalue weighted by molar-refractivity contribution is 14.0. The molecule has 1 amide bonds. The number of halogens is 1. The van der Waals surface area contributed by atoms with E-state index in [0.29, 0.717) is 12.3 Å². The first-order valence-corrected chi connectivity index (χ1v) is 9.99. The maximum absolute atomic E-state index is 11.3. The van der Waals surface area contributed by atoms with Crippen LogP contribution in [0.25, 0.3) is 0 Å². The SMILES string of the molecule is CCNC(=NCC(C)(C)N1CCCCC1)N1CCCC(CC(N)=O)C1.I. The van der Waals surface area contributed by atoms with E-state index in [4.69, 9.17) is 10.7 Å². The average Bonchev–Trinajstić information content (AvgIpc) is 2.59. The van der Waals surface area contributed by atoms with Crippen LogP contribution in [0.15, 0.2) is 4.99 Å². The minimum Gasteiger partial charge on any atom is -0.370 e. The Hall–Kier alpha value is -0.570. The maximum atomic E-state index is 11.3. The Labute approximate surface area is 176 Å². The summed E-state index contributed by atoms with van der Waals surface area (Å²) in [5.74, 6) is 1.15. The predicted octanol–water partition coefficient (Wildman–Crippen LogP) is 2.42. The number of hydrogen-bond donors (Lipinski definition) is 2. The molecule has 0 spiro atoms. The number of likely N-dealkylation sites (tertiary alicyclic amines) is 2. The average molecular weight is 479 g/mol. The molecule has 26 heavy (non-hydrogen) atoms. The second-order valence-electron chi connectivity index (χ2n) is 8.16. The van der Waals surface area contributed by atoms with Crippen LogP contribution in [0.4, 0.5) is 0 Å². The number of hydrogen-bond acceptors (Lipinski definition) is 3. The van der Waals surface area contributed by atoms with Crippen LogP contribution in [0.3, 0.4) is 0 Å². The zero-order chi connectivity index (χ0) is 18.3. The van der Waals surface area contributed by atoms with E-state index in [1.807, 2.05) is 0 Å². The summed E-state index contributed by atoms with van der Waals surface area (Å²) in [6.07, 6.45) is 6.61. The minimum atomic E-state index is -0.194. The fourth-order valence-corrected chi connectivity index (χ4v) is 4.00. The topological polar surface area (TPSA) is 74.0 Å². The highest BCUT2D eigenvalue weighted by Crippen LogP contribution is 2.22. The molecule has 2 fully saturated rings. The van der Waals surface area contributed by atoms with Crippen LogP contribution in [0.2, 0.25) is 0 Å². The molecular formula is C19H38IN5O. The Morgan fingerprint density at radius 1 is 1.19 bits per heavy atom. The molecule has 0 aromatic carbocycles. The Morgan fingerprint density at radius 3 is 2.50 bits per heavy atom. The number of guanidine groups is 1. The fraction of sp³-hybridized carbons (Fsp3) is 0.895. The Balaban J connectivity index is 0.00000338. The summed E-state index contributed by atoms with van der Waals surface area (Å²) in [6.45, 7) is 12.6. The third-order valence-electron chi connectivity index (χ3n) is 5.47. The molecule has 1 atom stereocenters. The monoisotopic (exact) mass is 479 g/mol. The normalized spacial score (nSPS) is 22.7. The van der Waals surface area contributed by atoms with Crippen molar-refractivity contribution in [3.05, 3.63) is 0 Å². The van der Waals surface area contributed by atoms with Gasteiger partial charge in [0.1, 0.15) is 0 Å². The van der Waals surface area contributed by atoms with Crippen molar-refractivity contribution in [2.24, 2.45) is 16.6 Å². The molecular weight excluding hydrogens is 441 g/mol. The van der Waals surface area contributed by atoms with Gasteiger partial charge in [0.15, 0.2) is 5.96 Å².